The lowest BCUT2D eigenvalue weighted by atomic mass is 10.2. The van der Waals surface area contributed by atoms with Crippen molar-refractivity contribution in [2.24, 2.45) is 0 Å². The zero-order valence-corrected chi connectivity index (χ0v) is 17.9. The van der Waals surface area contributed by atoms with Crippen LogP contribution in [0.15, 0.2) is 47.4 Å². The van der Waals surface area contributed by atoms with E-state index in [0.717, 1.165) is 5.56 Å². The van der Waals surface area contributed by atoms with Crippen LogP contribution in [0.5, 0.6) is 11.5 Å². The van der Waals surface area contributed by atoms with Gasteiger partial charge in [0.05, 0.1) is 4.90 Å². The average molecular weight is 463 g/mol. The van der Waals surface area contributed by atoms with Gasteiger partial charge in [-0.1, -0.05) is 17.7 Å². The van der Waals surface area contributed by atoms with Gasteiger partial charge in [0.1, 0.15) is 19.8 Å². The van der Waals surface area contributed by atoms with E-state index in [1.807, 2.05) is 12.2 Å². The molecule has 0 bridgehead atoms. The standard InChI is InChI=1S/C20H21N3O8S/c1-13-2-5-15(6-3-13)32(27,28)21-11-19(25)31-12-18(24)23-20(26)22-14-4-7-16-17(10-14)30-9-8-29-16/h2-7,10,21H,8-9,11-12H2,1H3,(H2,22,23,24,26). The molecule has 2 aromatic rings. The quantitative estimate of drug-likeness (QED) is 0.514. The molecule has 0 spiro atoms. The molecule has 3 rings (SSSR count). The Labute approximate surface area is 184 Å². The Kier molecular flexibility index (Phi) is 7.28. The number of urea groups is 1. The highest BCUT2D eigenvalue weighted by molar-refractivity contribution is 7.89. The van der Waals surface area contributed by atoms with E-state index in [4.69, 9.17) is 9.47 Å². The molecule has 170 valence electrons. The second-order valence-corrected chi connectivity index (χ2v) is 8.43. The van der Waals surface area contributed by atoms with E-state index in [2.05, 4.69) is 14.8 Å². The Hall–Kier alpha value is -3.64. The average Bonchev–Trinajstić information content (AvgIpc) is 2.76. The van der Waals surface area contributed by atoms with Crippen LogP contribution in [0.3, 0.4) is 0 Å². The zero-order valence-electron chi connectivity index (χ0n) is 17.0. The van der Waals surface area contributed by atoms with Gasteiger partial charge in [0.15, 0.2) is 18.1 Å². The third-order valence-corrected chi connectivity index (χ3v) is 5.57. The van der Waals surface area contributed by atoms with Crippen LogP contribution in [-0.2, 0) is 24.3 Å². The monoisotopic (exact) mass is 463 g/mol. The highest BCUT2D eigenvalue weighted by Crippen LogP contribution is 2.32. The van der Waals surface area contributed by atoms with Crippen molar-refractivity contribution in [2.45, 2.75) is 11.8 Å². The van der Waals surface area contributed by atoms with Gasteiger partial charge in [-0.25, -0.2) is 13.2 Å². The summed E-state index contributed by atoms with van der Waals surface area (Å²) in [5, 5.41) is 4.43. The van der Waals surface area contributed by atoms with Gasteiger partial charge < -0.3 is 19.5 Å². The van der Waals surface area contributed by atoms with Crippen LogP contribution < -0.4 is 24.8 Å². The Bertz CT molecular complexity index is 1120. The molecule has 1 heterocycles. The van der Waals surface area contributed by atoms with Crippen LogP contribution in [0.4, 0.5) is 10.5 Å². The normalized spacial score (nSPS) is 12.5. The van der Waals surface area contributed by atoms with Crippen molar-refractivity contribution in [3.05, 3.63) is 48.0 Å². The number of anilines is 1. The summed E-state index contributed by atoms with van der Waals surface area (Å²) in [6, 6.07) is 9.92. The summed E-state index contributed by atoms with van der Waals surface area (Å²) in [4.78, 5) is 35.5. The largest absolute Gasteiger partial charge is 0.486 e. The molecule has 12 heteroatoms. The predicted octanol–water partition coefficient (Wildman–Crippen LogP) is 0.936. The summed E-state index contributed by atoms with van der Waals surface area (Å²) >= 11 is 0. The van der Waals surface area contributed by atoms with E-state index >= 15 is 0 Å². The molecule has 0 aromatic heterocycles. The first-order valence-electron chi connectivity index (χ1n) is 9.45. The van der Waals surface area contributed by atoms with Crippen LogP contribution in [0.2, 0.25) is 0 Å². The molecular weight excluding hydrogens is 442 g/mol. The second kappa shape index (κ2) is 10.1. The number of nitrogens with one attached hydrogen (secondary N) is 3. The zero-order chi connectivity index (χ0) is 23.1. The number of imide groups is 1. The molecule has 3 N–H and O–H groups in total. The maximum atomic E-state index is 12.1. The van der Waals surface area contributed by atoms with Crippen molar-refractivity contribution in [1.29, 1.82) is 0 Å². The van der Waals surface area contributed by atoms with E-state index in [-0.39, 0.29) is 4.90 Å². The minimum absolute atomic E-state index is 0.00976. The first-order chi connectivity index (χ1) is 15.2. The minimum atomic E-state index is -3.91. The van der Waals surface area contributed by atoms with Crippen molar-refractivity contribution in [3.8, 4) is 11.5 Å². The van der Waals surface area contributed by atoms with E-state index in [1.54, 1.807) is 30.3 Å². The fourth-order valence-electron chi connectivity index (χ4n) is 2.60. The van der Waals surface area contributed by atoms with E-state index in [0.29, 0.717) is 30.4 Å². The number of carbonyl (C=O) groups excluding carboxylic acids is 3. The molecule has 2 aromatic carbocycles. The Morgan fingerprint density at radius 3 is 2.41 bits per heavy atom. The molecule has 0 atom stereocenters. The van der Waals surface area contributed by atoms with Crippen LogP contribution in [-0.4, -0.2) is 52.7 Å². The summed E-state index contributed by atoms with van der Waals surface area (Å²) in [6.07, 6.45) is 0. The van der Waals surface area contributed by atoms with Crippen LogP contribution in [0.25, 0.3) is 0 Å². The maximum Gasteiger partial charge on any atom is 0.325 e. The van der Waals surface area contributed by atoms with Gasteiger partial charge in [0.2, 0.25) is 10.0 Å². The van der Waals surface area contributed by atoms with Crippen molar-refractivity contribution >= 4 is 33.6 Å². The first-order valence-corrected chi connectivity index (χ1v) is 10.9. The van der Waals surface area contributed by atoms with Gasteiger partial charge in [-0.2, -0.15) is 4.72 Å². The van der Waals surface area contributed by atoms with Gasteiger partial charge in [0.25, 0.3) is 5.91 Å². The topological polar surface area (TPSA) is 149 Å². The van der Waals surface area contributed by atoms with Crippen molar-refractivity contribution in [1.82, 2.24) is 10.0 Å². The molecule has 0 fully saturated rings. The summed E-state index contributed by atoms with van der Waals surface area (Å²) in [6.45, 7) is 1.18. The SMILES string of the molecule is Cc1ccc(S(=O)(=O)NCC(=O)OCC(=O)NC(=O)Nc2ccc3c(c2)OCCO3)cc1. The summed E-state index contributed by atoms with van der Waals surface area (Å²) in [5.74, 6) is -0.872. The number of carbonyl (C=O) groups is 3. The fraction of sp³-hybridized carbons (Fsp3) is 0.250. The molecule has 0 saturated carbocycles. The van der Waals surface area contributed by atoms with Crippen LogP contribution in [0, 0.1) is 6.92 Å². The molecule has 1 aliphatic heterocycles. The van der Waals surface area contributed by atoms with Gasteiger partial charge in [-0.15, -0.1) is 0 Å². The Balaban J connectivity index is 1.40. The lowest BCUT2D eigenvalue weighted by Gasteiger charge is -2.19. The number of aryl methyl sites for hydroxylation is 1. The summed E-state index contributed by atoms with van der Waals surface area (Å²) in [7, 11) is -3.91. The lowest BCUT2D eigenvalue weighted by Crippen LogP contribution is -2.38. The number of ether oxygens (including phenoxy) is 3. The predicted molar refractivity (Wildman–Crippen MR) is 112 cm³/mol. The number of benzene rings is 2. The third kappa shape index (κ3) is 6.43. The van der Waals surface area contributed by atoms with Gasteiger partial charge in [-0.05, 0) is 31.2 Å². The number of fused-ring (bicyclic) bond motifs is 1. The Morgan fingerprint density at radius 1 is 1.00 bits per heavy atom. The molecule has 1 aliphatic rings. The molecule has 0 saturated heterocycles. The molecule has 0 unspecified atom stereocenters. The third-order valence-electron chi connectivity index (χ3n) is 4.16. The highest BCUT2D eigenvalue weighted by Gasteiger charge is 2.18. The number of esters is 1. The smallest absolute Gasteiger partial charge is 0.325 e. The van der Waals surface area contributed by atoms with E-state index in [9.17, 15) is 22.8 Å². The molecule has 0 aliphatic carbocycles. The molecule has 11 nitrogen and oxygen atoms in total. The van der Waals surface area contributed by atoms with Crippen molar-refractivity contribution in [3.63, 3.8) is 0 Å². The first kappa shape index (κ1) is 23.0. The second-order valence-electron chi connectivity index (χ2n) is 6.66. The number of hydrogen-bond donors (Lipinski definition) is 3. The van der Waals surface area contributed by atoms with Crippen LogP contribution >= 0.6 is 0 Å². The number of sulfonamides is 1. The lowest BCUT2D eigenvalue weighted by molar-refractivity contribution is -0.147. The fourth-order valence-corrected chi connectivity index (χ4v) is 3.57. The molecule has 0 radical (unpaired) electrons. The molecular formula is C20H21N3O8S. The van der Waals surface area contributed by atoms with E-state index < -0.39 is 41.1 Å². The van der Waals surface area contributed by atoms with Gasteiger partial charge in [-0.3, -0.25) is 14.9 Å². The molecule has 32 heavy (non-hydrogen) atoms. The van der Waals surface area contributed by atoms with Crippen molar-refractivity contribution in [2.75, 3.05) is 31.7 Å². The number of amides is 3. The van der Waals surface area contributed by atoms with Gasteiger partial charge in [0, 0.05) is 11.8 Å². The number of rotatable bonds is 7. The minimum Gasteiger partial charge on any atom is -0.486 e. The molecule has 3 amide bonds. The van der Waals surface area contributed by atoms with Crippen LogP contribution in [0.1, 0.15) is 5.56 Å². The maximum absolute atomic E-state index is 12.1. The van der Waals surface area contributed by atoms with Crippen molar-refractivity contribution < 1.29 is 37.0 Å². The van der Waals surface area contributed by atoms with E-state index in [1.165, 1.54) is 12.1 Å². The summed E-state index contributed by atoms with van der Waals surface area (Å²) < 4.78 is 41.8. The highest BCUT2D eigenvalue weighted by atomic mass is 32.2. The van der Waals surface area contributed by atoms with Gasteiger partial charge >= 0.3 is 12.0 Å². The summed E-state index contributed by atoms with van der Waals surface area (Å²) in [5.41, 5.74) is 1.24. The Morgan fingerprint density at radius 2 is 1.69 bits per heavy atom. The number of hydrogen-bond acceptors (Lipinski definition) is 8.